The summed E-state index contributed by atoms with van der Waals surface area (Å²) >= 11 is 0. The number of aliphatic hydroxyl groups is 1. The summed E-state index contributed by atoms with van der Waals surface area (Å²) in [7, 11) is 0. The lowest BCUT2D eigenvalue weighted by atomic mass is 9.82. The quantitative estimate of drug-likeness (QED) is 0.829. The largest absolute Gasteiger partial charge is 0.396 e. The highest BCUT2D eigenvalue weighted by atomic mass is 35.5. The number of rotatable bonds is 3. The van der Waals surface area contributed by atoms with Crippen molar-refractivity contribution in [2.24, 2.45) is 11.1 Å². The first-order valence-electron chi connectivity index (χ1n) is 4.80. The van der Waals surface area contributed by atoms with E-state index in [2.05, 4.69) is 0 Å². The molecule has 0 amide bonds. The molecule has 0 aromatic heterocycles. The van der Waals surface area contributed by atoms with E-state index >= 15 is 0 Å². The second kappa shape index (κ2) is 5.71. The predicted molar refractivity (Wildman–Crippen MR) is 61.4 cm³/mol. The van der Waals surface area contributed by atoms with Crippen molar-refractivity contribution < 1.29 is 18.3 Å². The average molecular weight is 270 g/mol. The van der Waals surface area contributed by atoms with Gasteiger partial charge in [0.2, 0.25) is 0 Å². The number of halogens is 4. The smallest absolute Gasteiger partial charge is 0.194 e. The molecular weight excluding hydrogens is 255 g/mol. The molecule has 3 N–H and O–H groups in total. The summed E-state index contributed by atoms with van der Waals surface area (Å²) in [6.45, 7) is 3.06. The van der Waals surface area contributed by atoms with Crippen molar-refractivity contribution >= 4 is 12.4 Å². The van der Waals surface area contributed by atoms with Gasteiger partial charge in [-0.2, -0.15) is 0 Å². The standard InChI is InChI=1S/C11H14F3NO.ClH/c1-11(2,5-16)10(15)6-3-7(12)9(14)8(13)4-6;/h3-4,10,16H,5,15H2,1-2H3;1H/t10-;/m0./s1. The third-order valence-corrected chi connectivity index (χ3v) is 2.61. The van der Waals surface area contributed by atoms with Crippen LogP contribution in [0.1, 0.15) is 25.5 Å². The highest BCUT2D eigenvalue weighted by Gasteiger charge is 2.28. The van der Waals surface area contributed by atoms with Gasteiger partial charge in [0.1, 0.15) is 0 Å². The van der Waals surface area contributed by atoms with Crippen LogP contribution in [0.25, 0.3) is 0 Å². The van der Waals surface area contributed by atoms with Crippen molar-refractivity contribution in [3.63, 3.8) is 0 Å². The molecule has 0 spiro atoms. The van der Waals surface area contributed by atoms with Crippen LogP contribution >= 0.6 is 12.4 Å². The molecule has 1 atom stereocenters. The van der Waals surface area contributed by atoms with E-state index in [1.807, 2.05) is 0 Å². The molecule has 0 aliphatic heterocycles. The minimum absolute atomic E-state index is 0. The first-order valence-corrected chi connectivity index (χ1v) is 4.80. The predicted octanol–water partition coefficient (Wildman–Crippen LogP) is 2.54. The van der Waals surface area contributed by atoms with Gasteiger partial charge in [0, 0.05) is 18.1 Å². The zero-order chi connectivity index (χ0) is 12.5. The number of nitrogens with two attached hydrogens (primary N) is 1. The zero-order valence-corrected chi connectivity index (χ0v) is 10.3. The van der Waals surface area contributed by atoms with Crippen LogP contribution in [0.4, 0.5) is 13.2 Å². The second-order valence-corrected chi connectivity index (χ2v) is 4.42. The van der Waals surface area contributed by atoms with E-state index in [9.17, 15) is 13.2 Å². The lowest BCUT2D eigenvalue weighted by Crippen LogP contribution is -2.32. The third-order valence-electron chi connectivity index (χ3n) is 2.61. The molecule has 0 saturated heterocycles. The molecule has 1 aromatic rings. The van der Waals surface area contributed by atoms with Crippen LogP contribution in [0, 0.1) is 22.9 Å². The van der Waals surface area contributed by atoms with Crippen LogP contribution in [0.5, 0.6) is 0 Å². The fourth-order valence-corrected chi connectivity index (χ4v) is 1.30. The molecule has 0 heterocycles. The van der Waals surface area contributed by atoms with E-state index in [1.165, 1.54) is 0 Å². The maximum Gasteiger partial charge on any atom is 0.194 e. The van der Waals surface area contributed by atoms with Gasteiger partial charge in [0.05, 0.1) is 0 Å². The number of hydrogen-bond donors (Lipinski definition) is 2. The first kappa shape index (κ1) is 16.2. The van der Waals surface area contributed by atoms with Gasteiger partial charge in [-0.3, -0.25) is 0 Å². The Balaban J connectivity index is 0.00000256. The molecule has 17 heavy (non-hydrogen) atoms. The highest BCUT2D eigenvalue weighted by molar-refractivity contribution is 5.85. The molecule has 0 unspecified atom stereocenters. The fourth-order valence-electron chi connectivity index (χ4n) is 1.30. The van der Waals surface area contributed by atoms with E-state index in [1.54, 1.807) is 13.8 Å². The van der Waals surface area contributed by atoms with Crippen LogP contribution in [-0.4, -0.2) is 11.7 Å². The second-order valence-electron chi connectivity index (χ2n) is 4.42. The molecule has 1 aromatic carbocycles. The van der Waals surface area contributed by atoms with Crippen molar-refractivity contribution in [3.05, 3.63) is 35.1 Å². The van der Waals surface area contributed by atoms with Gasteiger partial charge in [-0.15, -0.1) is 12.4 Å². The summed E-state index contributed by atoms with van der Waals surface area (Å²) in [5.74, 6) is -4.07. The van der Waals surface area contributed by atoms with Crippen LogP contribution in [0.2, 0.25) is 0 Å². The maximum atomic E-state index is 13.0. The van der Waals surface area contributed by atoms with Crippen molar-refractivity contribution in [2.75, 3.05) is 6.61 Å². The molecular formula is C11H15ClF3NO. The van der Waals surface area contributed by atoms with E-state index in [0.717, 1.165) is 12.1 Å². The molecule has 98 valence electrons. The average Bonchev–Trinajstić information content (AvgIpc) is 2.24. The van der Waals surface area contributed by atoms with Gasteiger partial charge in [0.15, 0.2) is 17.5 Å². The minimum atomic E-state index is -1.52. The Morgan fingerprint density at radius 2 is 1.65 bits per heavy atom. The first-order chi connectivity index (χ1) is 7.29. The summed E-state index contributed by atoms with van der Waals surface area (Å²) in [6, 6.07) is 0.920. The lowest BCUT2D eigenvalue weighted by molar-refractivity contribution is 0.132. The van der Waals surface area contributed by atoms with Gasteiger partial charge >= 0.3 is 0 Å². The van der Waals surface area contributed by atoms with E-state index in [-0.39, 0.29) is 24.6 Å². The monoisotopic (exact) mass is 269 g/mol. The van der Waals surface area contributed by atoms with Gasteiger partial charge in [-0.1, -0.05) is 13.8 Å². The minimum Gasteiger partial charge on any atom is -0.396 e. The SMILES string of the molecule is CC(C)(CO)[C@@H](N)c1cc(F)c(F)c(F)c1.Cl. The Morgan fingerprint density at radius 1 is 1.24 bits per heavy atom. The van der Waals surface area contributed by atoms with Gasteiger partial charge in [0.25, 0.3) is 0 Å². The van der Waals surface area contributed by atoms with Crippen molar-refractivity contribution in [1.29, 1.82) is 0 Å². The molecule has 0 bridgehead atoms. The molecule has 6 heteroatoms. The molecule has 0 aliphatic carbocycles. The Bertz CT molecular complexity index is 375. The van der Waals surface area contributed by atoms with Crippen molar-refractivity contribution in [1.82, 2.24) is 0 Å². The topological polar surface area (TPSA) is 46.2 Å². The Hall–Kier alpha value is -0.780. The van der Waals surface area contributed by atoms with E-state index in [0.29, 0.717) is 0 Å². The molecule has 0 aliphatic rings. The number of aliphatic hydroxyl groups excluding tert-OH is 1. The Morgan fingerprint density at radius 3 is 2.00 bits per heavy atom. The molecule has 2 nitrogen and oxygen atoms in total. The number of hydrogen-bond acceptors (Lipinski definition) is 2. The number of benzene rings is 1. The molecule has 0 fully saturated rings. The zero-order valence-electron chi connectivity index (χ0n) is 9.51. The van der Waals surface area contributed by atoms with Crippen molar-refractivity contribution in [3.8, 4) is 0 Å². The van der Waals surface area contributed by atoms with Crippen LogP contribution in [0.15, 0.2) is 12.1 Å². The van der Waals surface area contributed by atoms with E-state index < -0.39 is 28.9 Å². The summed E-state index contributed by atoms with van der Waals surface area (Å²) < 4.78 is 38.6. The third kappa shape index (κ3) is 3.34. The lowest BCUT2D eigenvalue weighted by Gasteiger charge is -2.29. The van der Waals surface area contributed by atoms with Gasteiger partial charge < -0.3 is 10.8 Å². The Labute approximate surface area is 104 Å². The molecule has 0 radical (unpaired) electrons. The van der Waals surface area contributed by atoms with Crippen LogP contribution in [-0.2, 0) is 0 Å². The summed E-state index contributed by atoms with van der Waals surface area (Å²) in [6.07, 6.45) is 0. The molecule has 0 saturated carbocycles. The van der Waals surface area contributed by atoms with E-state index in [4.69, 9.17) is 10.8 Å². The fraction of sp³-hybridized carbons (Fsp3) is 0.455. The summed E-state index contributed by atoms with van der Waals surface area (Å²) in [5, 5.41) is 9.08. The summed E-state index contributed by atoms with van der Waals surface area (Å²) in [4.78, 5) is 0. The highest BCUT2D eigenvalue weighted by Crippen LogP contribution is 2.31. The maximum absolute atomic E-state index is 13.0. The Kier molecular flexibility index (Phi) is 5.45. The normalized spacial score (nSPS) is 13.1. The van der Waals surface area contributed by atoms with Crippen LogP contribution < -0.4 is 5.73 Å². The summed E-state index contributed by atoms with van der Waals surface area (Å²) in [5.41, 5.74) is 5.14. The molecule has 1 rings (SSSR count). The van der Waals surface area contributed by atoms with Crippen LogP contribution in [0.3, 0.4) is 0 Å². The van der Waals surface area contributed by atoms with Gasteiger partial charge in [-0.25, -0.2) is 13.2 Å². The van der Waals surface area contributed by atoms with Gasteiger partial charge in [-0.05, 0) is 17.7 Å². The van der Waals surface area contributed by atoms with Crippen molar-refractivity contribution in [2.45, 2.75) is 19.9 Å².